The molecule has 0 aromatic rings. The summed E-state index contributed by atoms with van der Waals surface area (Å²) in [5.74, 6) is -2.62. The van der Waals surface area contributed by atoms with E-state index >= 15 is 0 Å². The molecule has 9 heteroatoms. The summed E-state index contributed by atoms with van der Waals surface area (Å²) in [5.41, 5.74) is 0. The Morgan fingerprint density at radius 2 is 1.88 bits per heavy atom. The summed E-state index contributed by atoms with van der Waals surface area (Å²) >= 11 is 0. The highest BCUT2D eigenvalue weighted by Gasteiger charge is 2.28. The van der Waals surface area contributed by atoms with Gasteiger partial charge in [-0.3, -0.25) is 19.2 Å². The molecule has 0 aliphatic carbocycles. The van der Waals surface area contributed by atoms with Gasteiger partial charge >= 0.3 is 5.97 Å². The minimum Gasteiger partial charge on any atom is -0.480 e. The van der Waals surface area contributed by atoms with Gasteiger partial charge in [0.05, 0.1) is 12.6 Å². The standard InChI is InChI=1S/C16H28N4O5/c1-4-9(2)13(15(23)19-10(3)16(24)25)20-12(21)8-18-14(22)11-6-5-7-17-11/h9-11,13,17H,4-8H2,1-3H3,(H,18,22)(H,19,23)(H,20,21)(H,24,25). The first-order valence-electron chi connectivity index (χ1n) is 8.59. The van der Waals surface area contributed by atoms with Crippen LogP contribution in [0.4, 0.5) is 0 Å². The van der Waals surface area contributed by atoms with Crippen molar-refractivity contribution in [2.75, 3.05) is 13.1 Å². The monoisotopic (exact) mass is 356 g/mol. The topological polar surface area (TPSA) is 137 Å². The molecule has 1 fully saturated rings. The highest BCUT2D eigenvalue weighted by Crippen LogP contribution is 2.08. The molecule has 1 saturated heterocycles. The summed E-state index contributed by atoms with van der Waals surface area (Å²) in [4.78, 5) is 47.1. The first kappa shape index (κ1) is 20.9. The van der Waals surface area contributed by atoms with Crippen molar-refractivity contribution in [1.29, 1.82) is 0 Å². The lowest BCUT2D eigenvalue weighted by Gasteiger charge is -2.24. The van der Waals surface area contributed by atoms with Crippen molar-refractivity contribution in [2.24, 2.45) is 5.92 Å². The Hall–Kier alpha value is -2.16. The second-order valence-electron chi connectivity index (χ2n) is 6.37. The van der Waals surface area contributed by atoms with Crippen LogP contribution in [-0.4, -0.2) is 60.0 Å². The second kappa shape index (κ2) is 9.97. The number of hydrogen-bond acceptors (Lipinski definition) is 5. The van der Waals surface area contributed by atoms with Crippen molar-refractivity contribution in [3.05, 3.63) is 0 Å². The number of nitrogens with one attached hydrogen (secondary N) is 4. The number of aliphatic carboxylic acids is 1. The number of carbonyl (C=O) groups excluding carboxylic acids is 3. The average molecular weight is 356 g/mol. The van der Waals surface area contributed by atoms with Crippen LogP contribution in [0.1, 0.15) is 40.0 Å². The molecule has 1 aliphatic rings. The van der Waals surface area contributed by atoms with Crippen LogP contribution in [0.3, 0.4) is 0 Å². The Bertz CT molecular complexity index is 505. The Labute approximate surface area is 147 Å². The molecule has 3 amide bonds. The molecule has 4 unspecified atom stereocenters. The van der Waals surface area contributed by atoms with Gasteiger partial charge < -0.3 is 26.4 Å². The maximum absolute atomic E-state index is 12.3. The minimum absolute atomic E-state index is 0.183. The lowest BCUT2D eigenvalue weighted by molar-refractivity contribution is -0.142. The summed E-state index contributed by atoms with van der Waals surface area (Å²) in [7, 11) is 0. The molecule has 9 nitrogen and oxygen atoms in total. The molecule has 0 bridgehead atoms. The van der Waals surface area contributed by atoms with Crippen molar-refractivity contribution in [1.82, 2.24) is 21.3 Å². The lowest BCUT2D eigenvalue weighted by atomic mass is 9.98. The molecule has 0 saturated carbocycles. The fraction of sp³-hybridized carbons (Fsp3) is 0.750. The maximum Gasteiger partial charge on any atom is 0.325 e. The maximum atomic E-state index is 12.3. The van der Waals surface area contributed by atoms with E-state index in [9.17, 15) is 19.2 Å². The van der Waals surface area contributed by atoms with Gasteiger partial charge in [0.1, 0.15) is 12.1 Å². The molecule has 1 heterocycles. The normalized spacial score (nSPS) is 20.2. The SMILES string of the molecule is CCC(C)C(NC(=O)CNC(=O)C1CCCN1)C(=O)NC(C)C(=O)O. The van der Waals surface area contributed by atoms with Gasteiger partial charge in [0, 0.05) is 0 Å². The Kier molecular flexibility index (Phi) is 8.33. The molecule has 4 atom stereocenters. The summed E-state index contributed by atoms with van der Waals surface area (Å²) in [6.07, 6.45) is 2.28. The zero-order valence-electron chi connectivity index (χ0n) is 14.9. The third-order valence-electron chi connectivity index (χ3n) is 4.34. The van der Waals surface area contributed by atoms with Gasteiger partial charge in [-0.05, 0) is 32.2 Å². The molecule has 5 N–H and O–H groups in total. The van der Waals surface area contributed by atoms with Crippen LogP contribution in [0.5, 0.6) is 0 Å². The Balaban J connectivity index is 2.55. The fourth-order valence-corrected chi connectivity index (χ4v) is 2.49. The molecule has 1 rings (SSSR count). The largest absolute Gasteiger partial charge is 0.480 e. The molecule has 0 aromatic carbocycles. The highest BCUT2D eigenvalue weighted by atomic mass is 16.4. The number of carboxylic acid groups (broad SMARTS) is 1. The van der Waals surface area contributed by atoms with E-state index < -0.39 is 29.9 Å². The van der Waals surface area contributed by atoms with E-state index in [1.807, 2.05) is 6.92 Å². The average Bonchev–Trinajstić information content (AvgIpc) is 3.11. The zero-order valence-corrected chi connectivity index (χ0v) is 14.9. The smallest absolute Gasteiger partial charge is 0.325 e. The van der Waals surface area contributed by atoms with E-state index in [0.29, 0.717) is 6.42 Å². The molecule has 1 aliphatic heterocycles. The van der Waals surface area contributed by atoms with E-state index in [1.165, 1.54) is 6.92 Å². The second-order valence-corrected chi connectivity index (χ2v) is 6.37. The van der Waals surface area contributed by atoms with Crippen LogP contribution in [0, 0.1) is 5.92 Å². The molecular weight excluding hydrogens is 328 g/mol. The molecule has 0 aromatic heterocycles. The van der Waals surface area contributed by atoms with Crippen LogP contribution in [0.2, 0.25) is 0 Å². The van der Waals surface area contributed by atoms with Crippen molar-refractivity contribution >= 4 is 23.7 Å². The van der Waals surface area contributed by atoms with E-state index in [2.05, 4.69) is 21.3 Å². The molecule has 142 valence electrons. The predicted molar refractivity (Wildman–Crippen MR) is 90.7 cm³/mol. The zero-order chi connectivity index (χ0) is 19.0. The van der Waals surface area contributed by atoms with Crippen LogP contribution in [0.15, 0.2) is 0 Å². The van der Waals surface area contributed by atoms with Gasteiger partial charge in [-0.2, -0.15) is 0 Å². The third-order valence-corrected chi connectivity index (χ3v) is 4.34. The Morgan fingerprint density at radius 3 is 2.40 bits per heavy atom. The van der Waals surface area contributed by atoms with Crippen LogP contribution in [0.25, 0.3) is 0 Å². The molecule has 0 spiro atoms. The van der Waals surface area contributed by atoms with Gasteiger partial charge in [0.15, 0.2) is 0 Å². The van der Waals surface area contributed by atoms with E-state index in [1.54, 1.807) is 6.92 Å². The number of hydrogen-bond donors (Lipinski definition) is 5. The first-order valence-corrected chi connectivity index (χ1v) is 8.59. The fourth-order valence-electron chi connectivity index (χ4n) is 2.49. The summed E-state index contributed by atoms with van der Waals surface area (Å²) in [6, 6.07) is -2.19. The lowest BCUT2D eigenvalue weighted by Crippen LogP contribution is -2.55. The quantitative estimate of drug-likeness (QED) is 0.358. The van der Waals surface area contributed by atoms with Crippen LogP contribution < -0.4 is 21.3 Å². The van der Waals surface area contributed by atoms with E-state index in [-0.39, 0.29) is 24.4 Å². The molecular formula is C16H28N4O5. The van der Waals surface area contributed by atoms with E-state index in [4.69, 9.17) is 5.11 Å². The number of carbonyl (C=O) groups is 4. The van der Waals surface area contributed by atoms with Crippen molar-refractivity contribution in [2.45, 2.75) is 58.2 Å². The molecule has 25 heavy (non-hydrogen) atoms. The Morgan fingerprint density at radius 1 is 1.20 bits per heavy atom. The van der Waals surface area contributed by atoms with Crippen LogP contribution in [-0.2, 0) is 19.2 Å². The summed E-state index contributed by atoms with van der Waals surface area (Å²) < 4.78 is 0. The van der Waals surface area contributed by atoms with Gasteiger partial charge in [-0.15, -0.1) is 0 Å². The number of amides is 3. The predicted octanol–water partition coefficient (Wildman–Crippen LogP) is -1.03. The highest BCUT2D eigenvalue weighted by molar-refractivity contribution is 5.92. The third kappa shape index (κ3) is 6.69. The number of carboxylic acids is 1. The molecule has 0 radical (unpaired) electrons. The summed E-state index contributed by atoms with van der Waals surface area (Å²) in [5, 5.41) is 19.4. The first-order chi connectivity index (χ1) is 11.8. The van der Waals surface area contributed by atoms with Gasteiger partial charge in [0.25, 0.3) is 0 Å². The van der Waals surface area contributed by atoms with Crippen molar-refractivity contribution < 1.29 is 24.3 Å². The van der Waals surface area contributed by atoms with Crippen molar-refractivity contribution in [3.8, 4) is 0 Å². The summed E-state index contributed by atoms with van der Waals surface area (Å²) in [6.45, 7) is 5.56. The van der Waals surface area contributed by atoms with Gasteiger partial charge in [0.2, 0.25) is 17.7 Å². The van der Waals surface area contributed by atoms with Crippen LogP contribution >= 0.6 is 0 Å². The minimum atomic E-state index is -1.15. The van der Waals surface area contributed by atoms with Gasteiger partial charge in [-0.25, -0.2) is 0 Å². The van der Waals surface area contributed by atoms with E-state index in [0.717, 1.165) is 19.4 Å². The number of rotatable bonds is 9. The van der Waals surface area contributed by atoms with Crippen molar-refractivity contribution in [3.63, 3.8) is 0 Å². The van der Waals surface area contributed by atoms with Gasteiger partial charge in [-0.1, -0.05) is 20.3 Å².